The van der Waals surface area contributed by atoms with Crippen molar-refractivity contribution in [2.45, 2.75) is 25.9 Å². The lowest BCUT2D eigenvalue weighted by Gasteiger charge is -2.30. The summed E-state index contributed by atoms with van der Waals surface area (Å²) in [6.45, 7) is 3.29. The van der Waals surface area contributed by atoms with Crippen molar-refractivity contribution in [3.63, 3.8) is 0 Å². The van der Waals surface area contributed by atoms with Crippen LogP contribution in [0.2, 0.25) is 0 Å². The molecule has 1 aromatic carbocycles. The average molecular weight is 346 g/mol. The number of carbonyl (C=O) groups excluding carboxylic acids is 1. The van der Waals surface area contributed by atoms with Crippen LogP contribution in [0.1, 0.15) is 29.0 Å². The molecule has 1 atom stereocenters. The van der Waals surface area contributed by atoms with Gasteiger partial charge in [-0.3, -0.25) is 0 Å². The Morgan fingerprint density at radius 1 is 1.25 bits per heavy atom. The quantitative estimate of drug-likeness (QED) is 0.920. The highest BCUT2D eigenvalue weighted by molar-refractivity contribution is 7.10. The summed E-state index contributed by atoms with van der Waals surface area (Å²) in [7, 11) is 3.26. The number of amides is 2. The van der Waals surface area contributed by atoms with Crippen LogP contribution in [0.3, 0.4) is 0 Å². The Kier molecular flexibility index (Phi) is 4.94. The van der Waals surface area contributed by atoms with E-state index in [4.69, 9.17) is 9.47 Å². The molecular weight excluding hydrogens is 324 g/mol. The maximum atomic E-state index is 12.6. The van der Waals surface area contributed by atoms with Crippen LogP contribution in [-0.2, 0) is 13.0 Å². The first-order valence-electron chi connectivity index (χ1n) is 7.95. The summed E-state index contributed by atoms with van der Waals surface area (Å²) in [5.41, 5.74) is 2.32. The second kappa shape index (κ2) is 7.13. The predicted octanol–water partition coefficient (Wildman–Crippen LogP) is 3.59. The van der Waals surface area contributed by atoms with E-state index in [-0.39, 0.29) is 12.1 Å². The highest BCUT2D eigenvalue weighted by Crippen LogP contribution is 2.33. The van der Waals surface area contributed by atoms with E-state index in [9.17, 15) is 4.79 Å². The van der Waals surface area contributed by atoms with Crippen LogP contribution < -0.4 is 14.8 Å². The van der Waals surface area contributed by atoms with Crippen LogP contribution in [-0.4, -0.2) is 31.7 Å². The minimum atomic E-state index is -0.0312. The fraction of sp³-hybridized carbons (Fsp3) is 0.389. The van der Waals surface area contributed by atoms with Crippen molar-refractivity contribution in [2.75, 3.05) is 20.8 Å². The number of fused-ring (bicyclic) bond motifs is 1. The van der Waals surface area contributed by atoms with Crippen LogP contribution in [0, 0.1) is 0 Å². The Bertz CT molecular complexity index is 715. The average Bonchev–Trinajstić information content (AvgIpc) is 3.14. The van der Waals surface area contributed by atoms with E-state index in [1.54, 1.807) is 25.6 Å². The van der Waals surface area contributed by atoms with Gasteiger partial charge in [0, 0.05) is 18.0 Å². The molecule has 24 heavy (non-hydrogen) atoms. The van der Waals surface area contributed by atoms with Crippen molar-refractivity contribution in [1.29, 1.82) is 0 Å². The van der Waals surface area contributed by atoms with Crippen LogP contribution in [0.15, 0.2) is 29.6 Å². The maximum Gasteiger partial charge on any atom is 0.318 e. The smallest absolute Gasteiger partial charge is 0.318 e. The summed E-state index contributed by atoms with van der Waals surface area (Å²) in [6.07, 6.45) is 0.816. The van der Waals surface area contributed by atoms with Gasteiger partial charge in [0.2, 0.25) is 0 Å². The second-order valence-corrected chi connectivity index (χ2v) is 6.81. The van der Waals surface area contributed by atoms with E-state index >= 15 is 0 Å². The number of thiophene rings is 1. The maximum absolute atomic E-state index is 12.6. The third kappa shape index (κ3) is 3.33. The van der Waals surface area contributed by atoms with E-state index in [1.165, 1.54) is 5.56 Å². The SMILES string of the molecule is COc1cc2c(cc1OC)CN(C(=O)N[C@@H](C)c1cccs1)CC2. The summed E-state index contributed by atoms with van der Waals surface area (Å²) >= 11 is 1.65. The molecule has 128 valence electrons. The zero-order chi connectivity index (χ0) is 17.1. The minimum absolute atomic E-state index is 0.0179. The number of urea groups is 1. The number of rotatable bonds is 4. The van der Waals surface area contributed by atoms with Gasteiger partial charge in [0.15, 0.2) is 11.5 Å². The molecule has 5 nitrogen and oxygen atoms in total. The lowest BCUT2D eigenvalue weighted by Crippen LogP contribution is -2.43. The second-order valence-electron chi connectivity index (χ2n) is 5.83. The largest absolute Gasteiger partial charge is 0.493 e. The third-order valence-electron chi connectivity index (χ3n) is 4.32. The van der Waals surface area contributed by atoms with Gasteiger partial charge in [0.05, 0.1) is 20.3 Å². The normalized spacial score (nSPS) is 14.7. The zero-order valence-electron chi connectivity index (χ0n) is 14.2. The summed E-state index contributed by atoms with van der Waals surface area (Å²) in [5, 5.41) is 5.10. The van der Waals surface area contributed by atoms with Crippen molar-refractivity contribution in [1.82, 2.24) is 10.2 Å². The Morgan fingerprint density at radius 3 is 2.58 bits per heavy atom. The molecule has 0 saturated carbocycles. The number of methoxy groups -OCH3 is 2. The molecule has 0 radical (unpaired) electrons. The van der Waals surface area contributed by atoms with Gasteiger partial charge in [-0.2, -0.15) is 0 Å². The molecular formula is C18H22N2O3S. The van der Waals surface area contributed by atoms with Gasteiger partial charge in [-0.25, -0.2) is 4.79 Å². The summed E-state index contributed by atoms with van der Waals surface area (Å²) in [4.78, 5) is 15.6. The lowest BCUT2D eigenvalue weighted by molar-refractivity contribution is 0.189. The first-order valence-corrected chi connectivity index (χ1v) is 8.83. The first-order chi connectivity index (χ1) is 11.6. The van der Waals surface area contributed by atoms with E-state index in [1.807, 2.05) is 41.5 Å². The van der Waals surface area contributed by atoms with E-state index < -0.39 is 0 Å². The molecule has 1 aliphatic rings. The summed E-state index contributed by atoms with van der Waals surface area (Å²) < 4.78 is 10.7. The molecule has 2 aromatic rings. The molecule has 0 unspecified atom stereocenters. The number of carbonyl (C=O) groups is 1. The van der Waals surface area contributed by atoms with Crippen LogP contribution in [0.25, 0.3) is 0 Å². The third-order valence-corrected chi connectivity index (χ3v) is 5.37. The molecule has 0 spiro atoms. The Hall–Kier alpha value is -2.21. The van der Waals surface area contributed by atoms with Crippen molar-refractivity contribution in [3.8, 4) is 11.5 Å². The predicted molar refractivity (Wildman–Crippen MR) is 94.9 cm³/mol. The molecule has 0 fully saturated rings. The van der Waals surface area contributed by atoms with Gasteiger partial charge in [-0.1, -0.05) is 6.07 Å². The number of hydrogen-bond donors (Lipinski definition) is 1. The molecule has 6 heteroatoms. The van der Waals surface area contributed by atoms with E-state index in [0.717, 1.165) is 22.6 Å². The molecule has 0 aliphatic carbocycles. The molecule has 1 N–H and O–H groups in total. The van der Waals surface area contributed by atoms with Crippen molar-refractivity contribution in [2.24, 2.45) is 0 Å². The number of ether oxygens (including phenoxy) is 2. The van der Waals surface area contributed by atoms with Gasteiger partial charge in [0.25, 0.3) is 0 Å². The molecule has 2 amide bonds. The molecule has 1 aliphatic heterocycles. The summed E-state index contributed by atoms with van der Waals surface area (Å²) in [5.74, 6) is 1.44. The number of nitrogens with zero attached hydrogens (tertiary/aromatic N) is 1. The number of benzene rings is 1. The number of nitrogens with one attached hydrogen (secondary N) is 1. The van der Waals surface area contributed by atoms with Crippen LogP contribution in [0.4, 0.5) is 4.79 Å². The van der Waals surface area contributed by atoms with Crippen LogP contribution >= 0.6 is 11.3 Å². The molecule has 1 aromatic heterocycles. The number of hydrogen-bond acceptors (Lipinski definition) is 4. The van der Waals surface area contributed by atoms with E-state index in [2.05, 4.69) is 5.32 Å². The fourth-order valence-electron chi connectivity index (χ4n) is 2.94. The zero-order valence-corrected chi connectivity index (χ0v) is 15.0. The Balaban J connectivity index is 1.71. The molecule has 2 heterocycles. The highest BCUT2D eigenvalue weighted by Gasteiger charge is 2.24. The monoisotopic (exact) mass is 346 g/mol. The van der Waals surface area contributed by atoms with Crippen molar-refractivity contribution >= 4 is 17.4 Å². The van der Waals surface area contributed by atoms with Gasteiger partial charge in [-0.15, -0.1) is 11.3 Å². The topological polar surface area (TPSA) is 50.8 Å². The molecule has 3 rings (SSSR count). The minimum Gasteiger partial charge on any atom is -0.493 e. The van der Waals surface area contributed by atoms with Crippen molar-refractivity contribution in [3.05, 3.63) is 45.6 Å². The highest BCUT2D eigenvalue weighted by atomic mass is 32.1. The first kappa shape index (κ1) is 16.6. The van der Waals surface area contributed by atoms with Gasteiger partial charge in [0.1, 0.15) is 0 Å². The molecule has 0 bridgehead atoms. The van der Waals surface area contributed by atoms with Gasteiger partial charge >= 0.3 is 6.03 Å². The Morgan fingerprint density at radius 2 is 1.96 bits per heavy atom. The standard InChI is InChI=1S/C18H22N2O3S/c1-12(17-5-4-8-24-17)19-18(21)20-7-6-13-9-15(22-2)16(23-3)10-14(13)11-20/h4-5,8-10,12H,6-7,11H2,1-3H3,(H,19,21)/t12-/m0/s1. The van der Waals surface area contributed by atoms with Gasteiger partial charge < -0.3 is 19.7 Å². The fourth-order valence-corrected chi connectivity index (χ4v) is 3.68. The van der Waals surface area contributed by atoms with E-state index in [0.29, 0.717) is 18.8 Å². The summed E-state index contributed by atoms with van der Waals surface area (Å²) in [6, 6.07) is 8.01. The lowest BCUT2D eigenvalue weighted by atomic mass is 9.99. The Labute approximate surface area is 146 Å². The molecule has 0 saturated heterocycles. The van der Waals surface area contributed by atoms with Gasteiger partial charge in [-0.05, 0) is 48.1 Å². The van der Waals surface area contributed by atoms with Crippen molar-refractivity contribution < 1.29 is 14.3 Å². The van der Waals surface area contributed by atoms with Crippen LogP contribution in [0.5, 0.6) is 11.5 Å².